The molecule has 0 aromatic carbocycles. The molecule has 2 bridgehead atoms. The van der Waals surface area contributed by atoms with E-state index in [0.29, 0.717) is 17.8 Å². The first-order valence-corrected chi connectivity index (χ1v) is 6.67. The average molecular weight is 223 g/mol. The minimum atomic E-state index is -0.0357. The van der Waals surface area contributed by atoms with E-state index < -0.39 is 0 Å². The van der Waals surface area contributed by atoms with E-state index in [2.05, 4.69) is 5.32 Å². The summed E-state index contributed by atoms with van der Waals surface area (Å²) in [6.07, 6.45) is 4.91. The highest BCUT2D eigenvalue weighted by molar-refractivity contribution is 5.83. The fraction of sp³-hybridized carbons (Fsp3) is 0.923. The predicted octanol–water partition coefficient (Wildman–Crippen LogP) is 1.17. The van der Waals surface area contributed by atoms with Crippen LogP contribution in [0.15, 0.2) is 0 Å². The molecule has 0 aromatic heterocycles. The summed E-state index contributed by atoms with van der Waals surface area (Å²) in [5.74, 6) is 3.61. The second kappa shape index (κ2) is 3.73. The molecule has 0 radical (unpaired) electrons. The smallest absolute Gasteiger partial charge is 0.224 e. The summed E-state index contributed by atoms with van der Waals surface area (Å²) in [5.41, 5.74) is 0. The third-order valence-corrected chi connectivity index (χ3v) is 5.10. The van der Waals surface area contributed by atoms with Crippen LogP contribution in [0.2, 0.25) is 0 Å². The van der Waals surface area contributed by atoms with Gasteiger partial charge in [0.1, 0.15) is 0 Å². The summed E-state index contributed by atoms with van der Waals surface area (Å²) in [7, 11) is 0. The van der Waals surface area contributed by atoms with Gasteiger partial charge in [-0.05, 0) is 49.4 Å². The quantitative estimate of drug-likeness (QED) is 0.751. The van der Waals surface area contributed by atoms with E-state index in [0.717, 1.165) is 18.3 Å². The molecule has 0 saturated heterocycles. The molecule has 3 heteroatoms. The zero-order valence-corrected chi connectivity index (χ0v) is 9.86. The maximum atomic E-state index is 12.0. The van der Waals surface area contributed by atoms with Gasteiger partial charge in [0.25, 0.3) is 0 Å². The van der Waals surface area contributed by atoms with Gasteiger partial charge in [-0.25, -0.2) is 0 Å². The van der Waals surface area contributed by atoms with Crippen LogP contribution in [0.25, 0.3) is 0 Å². The van der Waals surface area contributed by atoms with Gasteiger partial charge in [0, 0.05) is 5.92 Å². The Bertz CT molecular complexity index is 284. The fourth-order valence-electron chi connectivity index (χ4n) is 4.25. The van der Waals surface area contributed by atoms with Crippen LogP contribution in [-0.2, 0) is 4.79 Å². The molecule has 0 spiro atoms. The Hall–Kier alpha value is -0.570. The van der Waals surface area contributed by atoms with Crippen LogP contribution in [0.5, 0.6) is 0 Å². The van der Waals surface area contributed by atoms with Crippen LogP contribution in [0, 0.1) is 29.6 Å². The Balaban J connectivity index is 1.58. The number of aliphatic hydroxyl groups excluding tert-OH is 1. The van der Waals surface area contributed by atoms with Crippen molar-refractivity contribution in [2.75, 3.05) is 6.61 Å². The number of aliphatic hydroxyl groups is 1. The van der Waals surface area contributed by atoms with Crippen LogP contribution < -0.4 is 5.32 Å². The zero-order chi connectivity index (χ0) is 11.3. The normalized spacial score (nSPS) is 45.2. The molecule has 0 aromatic rings. The highest BCUT2D eigenvalue weighted by Gasteiger charge is 2.67. The molecule has 0 heterocycles. The topological polar surface area (TPSA) is 49.3 Å². The van der Waals surface area contributed by atoms with Crippen molar-refractivity contribution in [3.05, 3.63) is 0 Å². The summed E-state index contributed by atoms with van der Waals surface area (Å²) < 4.78 is 0. The first-order valence-electron chi connectivity index (χ1n) is 6.67. The van der Waals surface area contributed by atoms with E-state index >= 15 is 0 Å². The van der Waals surface area contributed by atoms with E-state index in [9.17, 15) is 4.79 Å². The first kappa shape index (κ1) is 10.6. The molecule has 0 aliphatic heterocycles. The molecule has 3 aliphatic rings. The van der Waals surface area contributed by atoms with Crippen molar-refractivity contribution < 1.29 is 9.90 Å². The largest absolute Gasteiger partial charge is 0.394 e. The molecule has 5 atom stereocenters. The summed E-state index contributed by atoms with van der Waals surface area (Å²) in [6, 6.07) is -0.0357. The lowest BCUT2D eigenvalue weighted by molar-refractivity contribution is -0.124. The van der Waals surface area contributed by atoms with Gasteiger partial charge in [0.05, 0.1) is 12.6 Å². The van der Waals surface area contributed by atoms with Gasteiger partial charge in [-0.15, -0.1) is 0 Å². The van der Waals surface area contributed by atoms with Gasteiger partial charge in [0.2, 0.25) is 5.91 Å². The van der Waals surface area contributed by atoms with E-state index in [4.69, 9.17) is 5.11 Å². The molecule has 4 unspecified atom stereocenters. The van der Waals surface area contributed by atoms with Crippen molar-refractivity contribution in [2.45, 2.75) is 38.6 Å². The van der Waals surface area contributed by atoms with Crippen molar-refractivity contribution in [1.29, 1.82) is 0 Å². The maximum Gasteiger partial charge on any atom is 0.224 e. The van der Waals surface area contributed by atoms with Crippen LogP contribution in [0.4, 0.5) is 0 Å². The van der Waals surface area contributed by atoms with Crippen LogP contribution in [0.3, 0.4) is 0 Å². The van der Waals surface area contributed by atoms with Gasteiger partial charge in [-0.1, -0.05) is 6.92 Å². The SMILES string of the molecule is CC[C@H](CO)NC(=O)C1C2C3CCC(C3)C12. The Kier molecular flexibility index (Phi) is 2.46. The first-order chi connectivity index (χ1) is 7.76. The maximum absolute atomic E-state index is 12.0. The van der Waals surface area contributed by atoms with Gasteiger partial charge in [-0.2, -0.15) is 0 Å². The predicted molar refractivity (Wildman–Crippen MR) is 60.6 cm³/mol. The van der Waals surface area contributed by atoms with Gasteiger partial charge in [0.15, 0.2) is 0 Å². The zero-order valence-electron chi connectivity index (χ0n) is 9.86. The Morgan fingerprint density at radius 2 is 2.00 bits per heavy atom. The highest BCUT2D eigenvalue weighted by Crippen LogP contribution is 2.69. The van der Waals surface area contributed by atoms with Crippen molar-refractivity contribution >= 4 is 5.91 Å². The van der Waals surface area contributed by atoms with Gasteiger partial charge in [-0.3, -0.25) is 4.79 Å². The molecule has 16 heavy (non-hydrogen) atoms. The third-order valence-electron chi connectivity index (χ3n) is 5.10. The fourth-order valence-corrected chi connectivity index (χ4v) is 4.25. The lowest BCUT2D eigenvalue weighted by Gasteiger charge is -2.15. The second-order valence-corrected chi connectivity index (χ2v) is 5.81. The standard InChI is InChI=1S/C13H21NO2/c1-2-9(6-15)14-13(16)12-10-7-3-4-8(5-7)11(10)12/h7-12,15H,2-6H2,1H3,(H,14,16)/t7?,8?,9-,10?,11?,12?/m1/s1. The molecule has 3 aliphatic carbocycles. The second-order valence-electron chi connectivity index (χ2n) is 5.81. The van der Waals surface area contributed by atoms with Crippen molar-refractivity contribution in [3.8, 4) is 0 Å². The summed E-state index contributed by atoms with van der Waals surface area (Å²) >= 11 is 0. The lowest BCUT2D eigenvalue weighted by Crippen LogP contribution is -2.38. The minimum Gasteiger partial charge on any atom is -0.394 e. The number of rotatable bonds is 4. The Labute approximate surface area is 96.6 Å². The number of carbonyl (C=O) groups is 1. The number of hydrogen-bond donors (Lipinski definition) is 2. The Morgan fingerprint density at radius 3 is 2.50 bits per heavy atom. The van der Waals surface area contributed by atoms with E-state index in [1.54, 1.807) is 0 Å². The number of fused-ring (bicyclic) bond motifs is 5. The van der Waals surface area contributed by atoms with E-state index in [1.807, 2.05) is 6.92 Å². The molecule has 3 saturated carbocycles. The van der Waals surface area contributed by atoms with E-state index in [-0.39, 0.29) is 18.6 Å². The summed E-state index contributed by atoms with van der Waals surface area (Å²) in [4.78, 5) is 12.0. The van der Waals surface area contributed by atoms with Crippen molar-refractivity contribution in [1.82, 2.24) is 5.32 Å². The van der Waals surface area contributed by atoms with E-state index in [1.165, 1.54) is 19.3 Å². The monoisotopic (exact) mass is 223 g/mol. The van der Waals surface area contributed by atoms with Crippen molar-refractivity contribution in [2.24, 2.45) is 29.6 Å². The van der Waals surface area contributed by atoms with Crippen LogP contribution in [-0.4, -0.2) is 23.7 Å². The Morgan fingerprint density at radius 1 is 1.38 bits per heavy atom. The highest BCUT2D eigenvalue weighted by atomic mass is 16.3. The third kappa shape index (κ3) is 1.41. The average Bonchev–Trinajstić information content (AvgIpc) is 2.75. The number of amides is 1. The van der Waals surface area contributed by atoms with Crippen molar-refractivity contribution in [3.63, 3.8) is 0 Å². The molecule has 2 N–H and O–H groups in total. The molecular formula is C13H21NO2. The van der Waals surface area contributed by atoms with Crippen LogP contribution >= 0.6 is 0 Å². The molecule has 3 fully saturated rings. The summed E-state index contributed by atoms with van der Waals surface area (Å²) in [6.45, 7) is 2.07. The molecule has 1 amide bonds. The molecular weight excluding hydrogens is 202 g/mol. The molecule has 3 nitrogen and oxygen atoms in total. The van der Waals surface area contributed by atoms with Gasteiger partial charge >= 0.3 is 0 Å². The molecule has 90 valence electrons. The number of carbonyl (C=O) groups excluding carboxylic acids is 1. The number of hydrogen-bond acceptors (Lipinski definition) is 2. The van der Waals surface area contributed by atoms with Gasteiger partial charge < -0.3 is 10.4 Å². The number of nitrogens with one attached hydrogen (secondary N) is 1. The lowest BCUT2D eigenvalue weighted by atomic mass is 10.0. The van der Waals surface area contributed by atoms with Crippen LogP contribution in [0.1, 0.15) is 32.6 Å². The molecule has 3 rings (SSSR count). The minimum absolute atomic E-state index is 0.0357. The summed E-state index contributed by atoms with van der Waals surface area (Å²) in [5, 5.41) is 12.1.